The van der Waals surface area contributed by atoms with E-state index < -0.39 is 6.04 Å². The Bertz CT molecular complexity index is 1110. The number of ether oxygens (including phenoxy) is 2. The summed E-state index contributed by atoms with van der Waals surface area (Å²) in [5, 5.41) is 6.80. The second-order valence-corrected chi connectivity index (χ2v) is 7.70. The Morgan fingerprint density at radius 2 is 2.07 bits per heavy atom. The lowest BCUT2D eigenvalue weighted by Crippen LogP contribution is -2.24. The van der Waals surface area contributed by atoms with Crippen molar-refractivity contribution in [3.05, 3.63) is 45.3 Å². The summed E-state index contributed by atoms with van der Waals surface area (Å²) in [6.45, 7) is 0.132. The van der Waals surface area contributed by atoms with Crippen molar-refractivity contribution < 1.29 is 14.3 Å². The summed E-state index contributed by atoms with van der Waals surface area (Å²) in [7, 11) is 0. The van der Waals surface area contributed by atoms with Gasteiger partial charge in [-0.15, -0.1) is 16.2 Å². The molecule has 1 fully saturated rings. The van der Waals surface area contributed by atoms with E-state index in [4.69, 9.17) is 15.2 Å². The van der Waals surface area contributed by atoms with E-state index >= 15 is 0 Å². The first kappa shape index (κ1) is 16.9. The van der Waals surface area contributed by atoms with Gasteiger partial charge in [-0.1, -0.05) is 11.2 Å². The van der Waals surface area contributed by atoms with Crippen LogP contribution in [0.2, 0.25) is 0 Å². The number of hydrogen-bond acceptors (Lipinski definition) is 9. The lowest BCUT2D eigenvalue weighted by atomic mass is 10.0. The number of nitroso groups, excluding NO2 is 1. The van der Waals surface area contributed by atoms with E-state index in [9.17, 15) is 9.70 Å². The number of benzene rings is 1. The highest BCUT2D eigenvalue weighted by Gasteiger charge is 2.27. The molecule has 1 unspecified atom stereocenters. The summed E-state index contributed by atoms with van der Waals surface area (Å²) < 4.78 is 10.7. The molecule has 5 rings (SSSR count). The lowest BCUT2D eigenvalue weighted by Gasteiger charge is -2.11. The lowest BCUT2D eigenvalue weighted by molar-refractivity contribution is 0.0955. The zero-order valence-corrected chi connectivity index (χ0v) is 15.4. The molecule has 142 valence electrons. The predicted molar refractivity (Wildman–Crippen MR) is 103 cm³/mol. The highest BCUT2D eigenvalue weighted by Crippen LogP contribution is 2.39. The third-order valence-corrected chi connectivity index (χ3v) is 5.68. The molecule has 0 radical (unpaired) electrons. The maximum atomic E-state index is 12.4. The van der Waals surface area contributed by atoms with Gasteiger partial charge in [0.05, 0.1) is 10.6 Å². The van der Waals surface area contributed by atoms with Crippen molar-refractivity contribution in [2.75, 3.05) is 12.5 Å². The highest BCUT2D eigenvalue weighted by atomic mass is 32.1. The maximum absolute atomic E-state index is 12.4. The van der Waals surface area contributed by atoms with E-state index in [0.29, 0.717) is 37.9 Å². The van der Waals surface area contributed by atoms with Crippen molar-refractivity contribution in [2.24, 2.45) is 5.18 Å². The van der Waals surface area contributed by atoms with Gasteiger partial charge in [-0.2, -0.15) is 0 Å². The summed E-state index contributed by atoms with van der Waals surface area (Å²) in [6, 6.07) is 6.17. The topological polar surface area (TPSA) is 129 Å². The number of carbonyl (C=O) groups is 1. The Kier molecular flexibility index (Phi) is 3.86. The molecule has 10 heteroatoms. The van der Waals surface area contributed by atoms with E-state index in [-0.39, 0.29) is 24.7 Å². The number of carbonyl (C=O) groups excluding carboxylic acids is 1. The van der Waals surface area contributed by atoms with Crippen LogP contribution < -0.4 is 20.5 Å². The van der Waals surface area contributed by atoms with Crippen molar-refractivity contribution in [2.45, 2.75) is 24.9 Å². The Labute approximate surface area is 162 Å². The summed E-state index contributed by atoms with van der Waals surface area (Å²) in [4.78, 5) is 33.7. The molecule has 2 aliphatic rings. The number of fused-ring (bicyclic) bond motifs is 2. The molecule has 1 atom stereocenters. The van der Waals surface area contributed by atoms with Crippen LogP contribution in [0.4, 0.5) is 5.95 Å². The van der Waals surface area contributed by atoms with Crippen LogP contribution in [0.3, 0.4) is 0 Å². The van der Waals surface area contributed by atoms with Crippen LogP contribution in [0.25, 0.3) is 10.2 Å². The molecule has 2 aromatic heterocycles. The number of rotatable bonds is 5. The van der Waals surface area contributed by atoms with Crippen LogP contribution in [0.5, 0.6) is 11.5 Å². The molecule has 3 N–H and O–H groups in total. The van der Waals surface area contributed by atoms with Gasteiger partial charge in [0.25, 0.3) is 5.91 Å². The molecule has 28 heavy (non-hydrogen) atoms. The third-order valence-electron chi connectivity index (χ3n) is 4.65. The van der Waals surface area contributed by atoms with Crippen LogP contribution in [0, 0.1) is 4.91 Å². The van der Waals surface area contributed by atoms with Gasteiger partial charge in [0.2, 0.25) is 12.7 Å². The van der Waals surface area contributed by atoms with E-state index in [1.54, 1.807) is 24.3 Å². The number of nitrogens with two attached hydrogens (primary N) is 1. The van der Waals surface area contributed by atoms with Gasteiger partial charge in [0, 0.05) is 11.4 Å². The van der Waals surface area contributed by atoms with Crippen LogP contribution >= 0.6 is 11.3 Å². The summed E-state index contributed by atoms with van der Waals surface area (Å²) in [6.07, 6.45) is 1.99. The van der Waals surface area contributed by atoms with Gasteiger partial charge in [0.15, 0.2) is 17.5 Å². The second-order valence-electron chi connectivity index (χ2n) is 6.66. The number of nitrogens with one attached hydrogen (secondary N) is 1. The van der Waals surface area contributed by atoms with E-state index in [0.717, 1.165) is 12.8 Å². The summed E-state index contributed by atoms with van der Waals surface area (Å²) >= 11 is 1.22. The van der Waals surface area contributed by atoms with E-state index in [1.807, 2.05) is 0 Å². The van der Waals surface area contributed by atoms with Crippen LogP contribution in [0.15, 0.2) is 29.4 Å². The molecule has 0 saturated heterocycles. The Balaban J connectivity index is 1.58. The van der Waals surface area contributed by atoms with Gasteiger partial charge in [-0.05, 0) is 36.6 Å². The molecule has 3 heterocycles. The molecule has 9 nitrogen and oxygen atoms in total. The van der Waals surface area contributed by atoms with Crippen LogP contribution in [-0.2, 0) is 0 Å². The quantitative estimate of drug-likeness (QED) is 0.633. The first-order chi connectivity index (χ1) is 13.6. The summed E-state index contributed by atoms with van der Waals surface area (Å²) in [5.74, 6) is 1.01. The summed E-state index contributed by atoms with van der Waals surface area (Å²) in [5.41, 5.74) is 6.81. The maximum Gasteiger partial charge on any atom is 0.261 e. The van der Waals surface area contributed by atoms with Crippen LogP contribution in [-0.4, -0.2) is 28.7 Å². The van der Waals surface area contributed by atoms with Crippen molar-refractivity contribution in [1.29, 1.82) is 0 Å². The molecule has 1 aliphatic heterocycles. The zero-order valence-electron chi connectivity index (χ0n) is 14.5. The zero-order chi connectivity index (χ0) is 19.3. The molecule has 3 aromatic rings. The first-order valence-corrected chi connectivity index (χ1v) is 9.54. The Morgan fingerprint density at radius 1 is 1.25 bits per heavy atom. The molecule has 0 spiro atoms. The fraction of sp³-hybridized carbons (Fsp3) is 0.278. The van der Waals surface area contributed by atoms with Crippen molar-refractivity contribution in [1.82, 2.24) is 15.3 Å². The average Bonchev–Trinajstić information content (AvgIpc) is 3.19. The Hall–Kier alpha value is -3.27. The van der Waals surface area contributed by atoms with Gasteiger partial charge >= 0.3 is 0 Å². The van der Waals surface area contributed by atoms with Gasteiger partial charge in [-0.25, -0.2) is 9.97 Å². The molecule has 1 amide bonds. The highest BCUT2D eigenvalue weighted by molar-refractivity contribution is 7.20. The number of amides is 1. The number of thiophene rings is 1. The van der Waals surface area contributed by atoms with Gasteiger partial charge in [0.1, 0.15) is 4.83 Å². The monoisotopic (exact) mass is 397 g/mol. The second kappa shape index (κ2) is 6.41. The largest absolute Gasteiger partial charge is 0.454 e. The smallest absolute Gasteiger partial charge is 0.261 e. The molecular formula is C18H15N5O4S. The minimum Gasteiger partial charge on any atom is -0.454 e. The molecular weight excluding hydrogens is 382 g/mol. The minimum absolute atomic E-state index is 0.0212. The average molecular weight is 397 g/mol. The molecule has 1 aromatic carbocycles. The molecule has 0 bridgehead atoms. The van der Waals surface area contributed by atoms with Gasteiger partial charge < -0.3 is 20.5 Å². The van der Waals surface area contributed by atoms with Crippen LogP contribution in [0.1, 0.15) is 39.8 Å². The number of anilines is 1. The third kappa shape index (κ3) is 2.91. The molecule has 1 saturated carbocycles. The fourth-order valence-corrected chi connectivity index (χ4v) is 4.07. The fourth-order valence-electron chi connectivity index (χ4n) is 3.12. The minimum atomic E-state index is -0.920. The number of nitrogen functional groups attached to an aromatic ring is 1. The predicted octanol–water partition coefficient (Wildman–Crippen LogP) is 2.75. The van der Waals surface area contributed by atoms with Gasteiger partial charge in [-0.3, -0.25) is 4.79 Å². The number of aromatic nitrogens is 2. The van der Waals surface area contributed by atoms with Crippen molar-refractivity contribution >= 4 is 33.4 Å². The normalized spacial score (nSPS) is 16.1. The Morgan fingerprint density at radius 3 is 2.86 bits per heavy atom. The van der Waals surface area contributed by atoms with Crippen molar-refractivity contribution in [3.8, 4) is 11.5 Å². The SMILES string of the molecule is Nc1nc(C(N=O)c2ccc3c(c2)OCO3)c2cc(C(=O)NC3CC3)sc2n1. The standard InChI is InChI=1S/C18H15N5O4S/c19-18-21-15(14(23-25)8-1-4-11-12(5-8)27-7-26-11)10-6-13(28-17(10)22-18)16(24)20-9-2-3-9/h1,4-6,9,14H,2-3,7H2,(H,20,24)(H2,19,21,22). The van der Waals surface area contributed by atoms with E-state index in [1.165, 1.54) is 11.3 Å². The number of nitrogens with zero attached hydrogens (tertiary/aromatic N) is 3. The van der Waals surface area contributed by atoms with E-state index in [2.05, 4.69) is 20.5 Å². The first-order valence-electron chi connectivity index (χ1n) is 8.72. The van der Waals surface area contributed by atoms with Crippen molar-refractivity contribution in [3.63, 3.8) is 0 Å². The molecule has 1 aliphatic carbocycles. The number of hydrogen-bond donors (Lipinski definition) is 2.